The van der Waals surface area contributed by atoms with E-state index in [4.69, 9.17) is 21.1 Å². The van der Waals surface area contributed by atoms with Crippen LogP contribution in [0.1, 0.15) is 31.8 Å². The van der Waals surface area contributed by atoms with Gasteiger partial charge in [-0.05, 0) is 84.0 Å². The summed E-state index contributed by atoms with van der Waals surface area (Å²) in [5, 5.41) is 6.02. The van der Waals surface area contributed by atoms with Crippen molar-refractivity contribution in [2.24, 2.45) is 0 Å². The number of anilines is 1. The van der Waals surface area contributed by atoms with Crippen molar-refractivity contribution in [2.45, 2.75) is 0 Å². The summed E-state index contributed by atoms with van der Waals surface area (Å²) in [5.41, 5.74) is 2.61. The van der Waals surface area contributed by atoms with E-state index in [-0.39, 0.29) is 11.5 Å². The molecule has 4 aromatic rings. The molecule has 8 heteroatoms. The average Bonchev–Trinajstić information content (AvgIpc) is 3.00. The summed E-state index contributed by atoms with van der Waals surface area (Å²) >= 11 is 6.15. The van der Waals surface area contributed by atoms with Gasteiger partial charge in [0.1, 0.15) is 5.70 Å². The Bertz CT molecular complexity index is 1610. The second-order valence-corrected chi connectivity index (χ2v) is 9.15. The molecule has 2 N–H and O–H groups in total. The number of amides is 2. The molecule has 0 heterocycles. The van der Waals surface area contributed by atoms with Gasteiger partial charge in [0, 0.05) is 21.8 Å². The first-order chi connectivity index (χ1) is 19.9. The normalized spacial score (nSPS) is 11.1. The number of ketones is 1. The predicted molar refractivity (Wildman–Crippen MR) is 161 cm³/mol. The fourth-order valence-electron chi connectivity index (χ4n) is 3.84. The molecular formula is C33H27ClN2O5. The van der Waals surface area contributed by atoms with Crippen molar-refractivity contribution in [3.8, 4) is 11.5 Å². The summed E-state index contributed by atoms with van der Waals surface area (Å²) in [4.78, 5) is 38.9. The van der Waals surface area contributed by atoms with Gasteiger partial charge in [0.2, 0.25) is 0 Å². The fraction of sp³-hybridized carbons (Fsp3) is 0.0606. The van der Waals surface area contributed by atoms with Crippen LogP contribution in [0.3, 0.4) is 0 Å². The molecule has 0 radical (unpaired) electrons. The Hall–Kier alpha value is -5.14. The molecule has 2 amide bonds. The first-order valence-electron chi connectivity index (χ1n) is 12.6. The van der Waals surface area contributed by atoms with Crippen molar-refractivity contribution in [2.75, 3.05) is 19.5 Å². The van der Waals surface area contributed by atoms with Crippen molar-refractivity contribution in [1.82, 2.24) is 5.32 Å². The lowest BCUT2D eigenvalue weighted by molar-refractivity contribution is -0.113. The molecule has 0 bridgehead atoms. The lowest BCUT2D eigenvalue weighted by Crippen LogP contribution is -2.30. The van der Waals surface area contributed by atoms with E-state index in [0.717, 1.165) is 5.56 Å². The van der Waals surface area contributed by atoms with Gasteiger partial charge in [-0.1, -0.05) is 54.1 Å². The van der Waals surface area contributed by atoms with Crippen molar-refractivity contribution in [3.05, 3.63) is 136 Å². The van der Waals surface area contributed by atoms with Crippen LogP contribution in [0.5, 0.6) is 11.5 Å². The first kappa shape index (κ1) is 28.9. The summed E-state index contributed by atoms with van der Waals surface area (Å²) < 4.78 is 10.6. The highest BCUT2D eigenvalue weighted by Gasteiger charge is 2.16. The van der Waals surface area contributed by atoms with Gasteiger partial charge in [0.15, 0.2) is 17.3 Å². The average molecular weight is 567 g/mol. The molecule has 4 rings (SSSR count). The zero-order chi connectivity index (χ0) is 29.2. The molecule has 0 fully saturated rings. The molecule has 0 saturated heterocycles. The maximum absolute atomic E-state index is 13.3. The number of rotatable bonds is 10. The number of ether oxygens (including phenoxy) is 2. The second kappa shape index (κ2) is 13.8. The number of hydrogen-bond donors (Lipinski definition) is 2. The number of benzene rings is 4. The van der Waals surface area contributed by atoms with Crippen molar-refractivity contribution in [1.29, 1.82) is 0 Å². The highest BCUT2D eigenvalue weighted by molar-refractivity contribution is 6.32. The third-order valence-electron chi connectivity index (χ3n) is 5.99. The van der Waals surface area contributed by atoms with Crippen LogP contribution in [-0.4, -0.2) is 31.8 Å². The largest absolute Gasteiger partial charge is 0.493 e. The molecule has 0 aliphatic rings. The van der Waals surface area contributed by atoms with Gasteiger partial charge in [0.05, 0.1) is 14.2 Å². The van der Waals surface area contributed by atoms with Gasteiger partial charge in [-0.3, -0.25) is 14.4 Å². The predicted octanol–water partition coefficient (Wildman–Crippen LogP) is 6.66. The Morgan fingerprint density at radius 3 is 2.12 bits per heavy atom. The van der Waals surface area contributed by atoms with Gasteiger partial charge in [-0.25, -0.2) is 0 Å². The van der Waals surface area contributed by atoms with E-state index < -0.39 is 11.8 Å². The Kier molecular flexibility index (Phi) is 9.70. The van der Waals surface area contributed by atoms with E-state index in [9.17, 15) is 14.4 Å². The Balaban J connectivity index is 1.54. The van der Waals surface area contributed by atoms with Gasteiger partial charge >= 0.3 is 0 Å². The molecule has 0 saturated carbocycles. The first-order valence-corrected chi connectivity index (χ1v) is 12.9. The Labute approximate surface area is 243 Å². The van der Waals surface area contributed by atoms with E-state index in [1.54, 1.807) is 84.9 Å². The number of halogens is 1. The molecule has 0 aliphatic heterocycles. The fourth-order valence-corrected chi connectivity index (χ4v) is 4.04. The number of carbonyl (C=O) groups excluding carboxylic acids is 3. The van der Waals surface area contributed by atoms with Crippen molar-refractivity contribution in [3.63, 3.8) is 0 Å². The monoisotopic (exact) mass is 566 g/mol. The smallest absolute Gasteiger partial charge is 0.272 e. The van der Waals surface area contributed by atoms with Gasteiger partial charge in [0.25, 0.3) is 11.8 Å². The lowest BCUT2D eigenvalue weighted by Gasteiger charge is -2.13. The van der Waals surface area contributed by atoms with Crippen LogP contribution in [0.15, 0.2) is 109 Å². The van der Waals surface area contributed by atoms with Gasteiger partial charge in [-0.2, -0.15) is 0 Å². The minimum Gasteiger partial charge on any atom is -0.493 e. The maximum Gasteiger partial charge on any atom is 0.272 e. The maximum atomic E-state index is 13.3. The minimum absolute atomic E-state index is 0.00824. The molecular weight excluding hydrogens is 540 g/mol. The van der Waals surface area contributed by atoms with Crippen LogP contribution in [0.4, 0.5) is 5.69 Å². The molecule has 41 heavy (non-hydrogen) atoms. The number of nitrogens with one attached hydrogen (secondary N) is 2. The van der Waals surface area contributed by atoms with E-state index in [2.05, 4.69) is 10.6 Å². The lowest BCUT2D eigenvalue weighted by atomic mass is 10.1. The second-order valence-electron chi connectivity index (χ2n) is 8.74. The summed E-state index contributed by atoms with van der Waals surface area (Å²) in [6, 6.07) is 27.4. The Morgan fingerprint density at radius 2 is 1.44 bits per heavy atom. The zero-order valence-corrected chi connectivity index (χ0v) is 23.1. The van der Waals surface area contributed by atoms with Crippen LogP contribution in [0.2, 0.25) is 5.02 Å². The van der Waals surface area contributed by atoms with Crippen LogP contribution in [-0.2, 0) is 4.79 Å². The summed E-state index contributed by atoms with van der Waals surface area (Å²) in [6.45, 7) is 0. The molecule has 0 spiro atoms. The number of hydrogen-bond acceptors (Lipinski definition) is 5. The van der Waals surface area contributed by atoms with Crippen molar-refractivity contribution >= 4 is 47.0 Å². The summed E-state index contributed by atoms with van der Waals surface area (Å²) in [5.74, 6) is -0.216. The van der Waals surface area contributed by atoms with E-state index in [1.807, 2.05) is 18.2 Å². The minimum atomic E-state index is -0.554. The highest BCUT2D eigenvalue weighted by Crippen LogP contribution is 2.28. The molecule has 7 nitrogen and oxygen atoms in total. The molecule has 0 aliphatic carbocycles. The van der Waals surface area contributed by atoms with E-state index in [0.29, 0.717) is 38.9 Å². The quantitative estimate of drug-likeness (QED) is 0.165. The number of methoxy groups -OCH3 is 2. The van der Waals surface area contributed by atoms with Crippen LogP contribution < -0.4 is 20.1 Å². The number of allylic oxidation sites excluding steroid dienone is 1. The molecule has 0 unspecified atom stereocenters. The van der Waals surface area contributed by atoms with Crippen LogP contribution in [0.25, 0.3) is 12.2 Å². The Morgan fingerprint density at radius 1 is 0.756 bits per heavy atom. The topological polar surface area (TPSA) is 93.7 Å². The van der Waals surface area contributed by atoms with Crippen molar-refractivity contribution < 1.29 is 23.9 Å². The zero-order valence-electron chi connectivity index (χ0n) is 22.4. The van der Waals surface area contributed by atoms with Gasteiger partial charge < -0.3 is 20.1 Å². The molecule has 4 aromatic carbocycles. The van der Waals surface area contributed by atoms with E-state index in [1.165, 1.54) is 26.4 Å². The van der Waals surface area contributed by atoms with Gasteiger partial charge in [-0.15, -0.1) is 0 Å². The standard InChI is InChI=1S/C33H27ClN2O5/c1-40-30-19-12-22(21-31(30)41-2)20-28(36-32(38)25-9-4-3-5-10-25)33(39)35-26-16-13-24(14-17-26)29(37)18-15-23-8-6-7-11-27(23)34/h3-21H,1-2H3,(H,35,39)(H,36,38)/b18-15+,28-20-. The summed E-state index contributed by atoms with van der Waals surface area (Å²) in [6.07, 6.45) is 4.63. The molecule has 0 atom stereocenters. The van der Waals surface area contributed by atoms with Crippen LogP contribution >= 0.6 is 11.6 Å². The SMILES string of the molecule is COc1ccc(/C=C(\NC(=O)c2ccccc2)C(=O)Nc2ccc(C(=O)/C=C/c3ccccc3Cl)cc2)cc1OC. The van der Waals surface area contributed by atoms with Crippen LogP contribution in [0, 0.1) is 0 Å². The summed E-state index contributed by atoms with van der Waals surface area (Å²) in [7, 11) is 3.04. The molecule has 206 valence electrons. The third kappa shape index (κ3) is 7.71. The number of carbonyl (C=O) groups is 3. The molecule has 0 aromatic heterocycles. The van der Waals surface area contributed by atoms with E-state index >= 15 is 0 Å². The third-order valence-corrected chi connectivity index (χ3v) is 6.34. The highest BCUT2D eigenvalue weighted by atomic mass is 35.5.